The van der Waals surface area contributed by atoms with E-state index in [2.05, 4.69) is 22.8 Å². The fourth-order valence-corrected chi connectivity index (χ4v) is 2.02. The summed E-state index contributed by atoms with van der Waals surface area (Å²) in [5.74, 6) is 0.721. The summed E-state index contributed by atoms with van der Waals surface area (Å²) in [4.78, 5) is 23.1. The molecule has 1 aliphatic carbocycles. The van der Waals surface area contributed by atoms with Crippen molar-refractivity contribution >= 4 is 11.8 Å². The number of hydrogen-bond donors (Lipinski definition) is 2. The zero-order chi connectivity index (χ0) is 13.5. The first kappa shape index (κ1) is 13.4. The number of furan rings is 1. The van der Waals surface area contributed by atoms with Crippen molar-refractivity contribution in [1.29, 1.82) is 0 Å². The second-order valence-electron chi connectivity index (χ2n) is 4.60. The molecule has 1 aromatic heterocycles. The van der Waals surface area contributed by atoms with Crippen LogP contribution < -0.4 is 10.6 Å². The highest BCUT2D eigenvalue weighted by atomic mass is 16.3. The molecular weight excluding hydrogens is 244 g/mol. The minimum absolute atomic E-state index is 0.00990. The third-order valence-electron chi connectivity index (χ3n) is 3.05. The van der Waals surface area contributed by atoms with E-state index in [0.29, 0.717) is 24.6 Å². The van der Waals surface area contributed by atoms with E-state index in [1.807, 2.05) is 0 Å². The molecule has 0 aromatic carbocycles. The normalized spacial score (nSPS) is 17.4. The van der Waals surface area contributed by atoms with Gasteiger partial charge >= 0.3 is 0 Å². The minimum atomic E-state index is -0.216. The fraction of sp³-hybridized carbons (Fsp3) is 0.429. The maximum Gasteiger partial charge on any atom is 0.239 e. The van der Waals surface area contributed by atoms with Crippen LogP contribution in [0.15, 0.2) is 35.0 Å². The van der Waals surface area contributed by atoms with Gasteiger partial charge in [-0.25, -0.2) is 0 Å². The highest BCUT2D eigenvalue weighted by Crippen LogP contribution is 2.19. The van der Waals surface area contributed by atoms with Crippen molar-refractivity contribution in [1.82, 2.24) is 10.6 Å². The smallest absolute Gasteiger partial charge is 0.239 e. The van der Waals surface area contributed by atoms with Crippen molar-refractivity contribution in [3.63, 3.8) is 0 Å². The number of allylic oxidation sites excluding steroid dienone is 2. The van der Waals surface area contributed by atoms with Gasteiger partial charge in [0.15, 0.2) is 0 Å². The summed E-state index contributed by atoms with van der Waals surface area (Å²) in [5.41, 5.74) is 0. The van der Waals surface area contributed by atoms with Gasteiger partial charge in [-0.15, -0.1) is 0 Å². The summed E-state index contributed by atoms with van der Waals surface area (Å²) in [7, 11) is 0. The monoisotopic (exact) mass is 262 g/mol. The molecule has 0 aliphatic heterocycles. The van der Waals surface area contributed by atoms with Gasteiger partial charge in [-0.2, -0.15) is 0 Å². The Morgan fingerprint density at radius 3 is 2.89 bits per heavy atom. The summed E-state index contributed by atoms with van der Waals surface area (Å²) in [6.45, 7) is 0.350. The molecule has 2 N–H and O–H groups in total. The van der Waals surface area contributed by atoms with Crippen LogP contribution >= 0.6 is 0 Å². The Hall–Kier alpha value is -2.04. The fourth-order valence-electron chi connectivity index (χ4n) is 2.02. The predicted molar refractivity (Wildman–Crippen MR) is 70.0 cm³/mol. The average Bonchev–Trinajstić information content (AvgIpc) is 3.06. The molecular formula is C14H18N2O3. The van der Waals surface area contributed by atoms with Gasteiger partial charge < -0.3 is 15.1 Å². The van der Waals surface area contributed by atoms with Crippen molar-refractivity contribution < 1.29 is 14.0 Å². The number of rotatable bonds is 6. The minimum Gasteiger partial charge on any atom is -0.467 e. The van der Waals surface area contributed by atoms with Gasteiger partial charge in [-0.3, -0.25) is 9.59 Å². The SMILES string of the molecule is O=C(CNC(=O)CC1C=CCC1)NCc1ccco1. The zero-order valence-corrected chi connectivity index (χ0v) is 10.7. The van der Waals surface area contributed by atoms with Crippen molar-refractivity contribution in [3.05, 3.63) is 36.3 Å². The van der Waals surface area contributed by atoms with E-state index in [1.165, 1.54) is 0 Å². The molecule has 0 fully saturated rings. The topological polar surface area (TPSA) is 71.3 Å². The number of amides is 2. The molecule has 1 aliphatic rings. The third kappa shape index (κ3) is 4.62. The van der Waals surface area contributed by atoms with Gasteiger partial charge in [0.05, 0.1) is 19.4 Å². The first-order valence-corrected chi connectivity index (χ1v) is 6.46. The summed E-state index contributed by atoms with van der Waals surface area (Å²) >= 11 is 0. The molecule has 5 heteroatoms. The van der Waals surface area contributed by atoms with Crippen LogP contribution in [0.5, 0.6) is 0 Å². The van der Waals surface area contributed by atoms with Gasteiger partial charge in [-0.1, -0.05) is 12.2 Å². The summed E-state index contributed by atoms with van der Waals surface area (Å²) in [6.07, 6.45) is 8.24. The molecule has 2 rings (SSSR count). The molecule has 5 nitrogen and oxygen atoms in total. The van der Waals surface area contributed by atoms with Crippen molar-refractivity contribution in [2.45, 2.75) is 25.8 Å². The number of nitrogens with one attached hydrogen (secondary N) is 2. The molecule has 1 unspecified atom stereocenters. The maximum atomic E-state index is 11.6. The summed E-state index contributed by atoms with van der Waals surface area (Å²) < 4.78 is 5.09. The molecule has 0 saturated carbocycles. The Bertz CT molecular complexity index is 451. The molecule has 0 spiro atoms. The van der Waals surface area contributed by atoms with E-state index in [4.69, 9.17) is 4.42 Å². The van der Waals surface area contributed by atoms with Gasteiger partial charge in [0, 0.05) is 6.42 Å². The van der Waals surface area contributed by atoms with Gasteiger partial charge in [0.1, 0.15) is 5.76 Å². The van der Waals surface area contributed by atoms with Gasteiger partial charge in [0.2, 0.25) is 11.8 Å². The highest BCUT2D eigenvalue weighted by Gasteiger charge is 2.14. The molecule has 0 radical (unpaired) electrons. The lowest BCUT2D eigenvalue weighted by Gasteiger charge is -2.08. The van der Waals surface area contributed by atoms with Crippen molar-refractivity contribution in [2.24, 2.45) is 5.92 Å². The Balaban J connectivity index is 1.60. The van der Waals surface area contributed by atoms with E-state index < -0.39 is 0 Å². The first-order chi connectivity index (χ1) is 9.24. The van der Waals surface area contributed by atoms with Gasteiger partial charge in [-0.05, 0) is 30.9 Å². The lowest BCUT2D eigenvalue weighted by atomic mass is 10.1. The molecule has 102 valence electrons. The van der Waals surface area contributed by atoms with Crippen LogP contribution in [0.4, 0.5) is 0 Å². The Morgan fingerprint density at radius 1 is 1.32 bits per heavy atom. The van der Waals surface area contributed by atoms with Crippen LogP contribution in [0.2, 0.25) is 0 Å². The average molecular weight is 262 g/mol. The lowest BCUT2D eigenvalue weighted by molar-refractivity contribution is -0.126. The van der Waals surface area contributed by atoms with Crippen molar-refractivity contribution in [3.8, 4) is 0 Å². The van der Waals surface area contributed by atoms with E-state index in [-0.39, 0.29) is 18.4 Å². The second kappa shape index (κ2) is 6.78. The van der Waals surface area contributed by atoms with Gasteiger partial charge in [0.25, 0.3) is 0 Å². The van der Waals surface area contributed by atoms with Crippen molar-refractivity contribution in [2.75, 3.05) is 6.54 Å². The largest absolute Gasteiger partial charge is 0.467 e. The molecule has 1 atom stereocenters. The molecule has 1 aromatic rings. The van der Waals surface area contributed by atoms with Crippen LogP contribution in [-0.4, -0.2) is 18.4 Å². The summed E-state index contributed by atoms with van der Waals surface area (Å²) in [6, 6.07) is 3.55. The Labute approximate surface area is 112 Å². The molecule has 19 heavy (non-hydrogen) atoms. The number of carbonyl (C=O) groups is 2. The molecule has 2 amide bonds. The first-order valence-electron chi connectivity index (χ1n) is 6.46. The van der Waals surface area contributed by atoms with Crippen LogP contribution in [-0.2, 0) is 16.1 Å². The standard InChI is InChI=1S/C14H18N2O3/c17-13(8-11-4-1-2-5-11)16-10-14(18)15-9-12-6-3-7-19-12/h1,3-4,6-7,11H,2,5,8-10H2,(H,15,18)(H,16,17). The van der Waals surface area contributed by atoms with Crippen LogP contribution in [0, 0.1) is 5.92 Å². The zero-order valence-electron chi connectivity index (χ0n) is 10.7. The number of hydrogen-bond acceptors (Lipinski definition) is 3. The maximum absolute atomic E-state index is 11.6. The quantitative estimate of drug-likeness (QED) is 0.761. The molecule has 1 heterocycles. The molecule has 0 saturated heterocycles. The third-order valence-corrected chi connectivity index (χ3v) is 3.05. The van der Waals surface area contributed by atoms with Crippen LogP contribution in [0.3, 0.4) is 0 Å². The van der Waals surface area contributed by atoms with Crippen LogP contribution in [0.1, 0.15) is 25.0 Å². The lowest BCUT2D eigenvalue weighted by Crippen LogP contribution is -2.37. The van der Waals surface area contributed by atoms with E-state index >= 15 is 0 Å². The van der Waals surface area contributed by atoms with E-state index in [1.54, 1.807) is 18.4 Å². The van der Waals surface area contributed by atoms with E-state index in [9.17, 15) is 9.59 Å². The molecule has 0 bridgehead atoms. The Kier molecular flexibility index (Phi) is 4.78. The second-order valence-corrected chi connectivity index (χ2v) is 4.60. The van der Waals surface area contributed by atoms with Crippen LogP contribution in [0.25, 0.3) is 0 Å². The van der Waals surface area contributed by atoms with E-state index in [0.717, 1.165) is 12.8 Å². The predicted octanol–water partition coefficient (Wildman–Crippen LogP) is 1.37. The highest BCUT2D eigenvalue weighted by molar-refractivity contribution is 5.84. The summed E-state index contributed by atoms with van der Waals surface area (Å²) in [5, 5.41) is 5.30. The number of carbonyl (C=O) groups excluding carboxylic acids is 2. The Morgan fingerprint density at radius 2 is 2.21 bits per heavy atom.